The second kappa shape index (κ2) is 8.33. The number of thioether (sulfide) groups is 1. The van der Waals surface area contributed by atoms with Crippen molar-refractivity contribution in [2.75, 3.05) is 5.75 Å². The molecule has 1 N–H and O–H groups in total. The minimum absolute atomic E-state index is 0.0371. The number of hydrogen-bond donors (Lipinski definition) is 1. The highest BCUT2D eigenvalue weighted by atomic mass is 32.2. The average Bonchev–Trinajstić information content (AvgIpc) is 3.01. The van der Waals surface area contributed by atoms with E-state index in [4.69, 9.17) is 12.2 Å². The SMILES string of the molecule is Cc1ccc([C@@H](O)[C@@H](C)C(=O)N2C(=S)SC[C@@H]2Cc2ccccc2)cc1. The largest absolute Gasteiger partial charge is 0.388 e. The lowest BCUT2D eigenvalue weighted by Crippen LogP contribution is -2.44. The van der Waals surface area contributed by atoms with E-state index >= 15 is 0 Å². The van der Waals surface area contributed by atoms with Gasteiger partial charge in [0.1, 0.15) is 4.32 Å². The Morgan fingerprint density at radius 2 is 1.88 bits per heavy atom. The van der Waals surface area contributed by atoms with Crippen LogP contribution in [0.1, 0.15) is 29.7 Å². The van der Waals surface area contributed by atoms with E-state index in [1.807, 2.05) is 49.4 Å². The summed E-state index contributed by atoms with van der Waals surface area (Å²) in [6.07, 6.45) is -0.0681. The van der Waals surface area contributed by atoms with Crippen LogP contribution in [0.4, 0.5) is 0 Å². The van der Waals surface area contributed by atoms with Crippen LogP contribution in [0.2, 0.25) is 0 Å². The molecule has 0 saturated carbocycles. The topological polar surface area (TPSA) is 40.5 Å². The monoisotopic (exact) mass is 385 g/mol. The molecule has 3 atom stereocenters. The van der Waals surface area contributed by atoms with Crippen molar-refractivity contribution in [2.24, 2.45) is 5.92 Å². The minimum Gasteiger partial charge on any atom is -0.388 e. The highest BCUT2D eigenvalue weighted by Gasteiger charge is 2.38. The molecule has 2 aromatic carbocycles. The lowest BCUT2D eigenvalue weighted by molar-refractivity contribution is -0.135. The van der Waals surface area contributed by atoms with Crippen molar-refractivity contribution in [1.29, 1.82) is 0 Å². The molecular formula is C21H23NO2S2. The summed E-state index contributed by atoms with van der Waals surface area (Å²) in [5.41, 5.74) is 3.07. The third-order valence-corrected chi connectivity index (χ3v) is 6.34. The molecule has 0 aromatic heterocycles. The smallest absolute Gasteiger partial charge is 0.234 e. The van der Waals surface area contributed by atoms with Gasteiger partial charge >= 0.3 is 0 Å². The van der Waals surface area contributed by atoms with E-state index in [1.54, 1.807) is 23.6 Å². The molecule has 5 heteroatoms. The Bertz CT molecular complexity index is 776. The fourth-order valence-corrected chi connectivity index (χ4v) is 4.60. The van der Waals surface area contributed by atoms with Gasteiger partial charge in [0.15, 0.2) is 0 Å². The van der Waals surface area contributed by atoms with Crippen molar-refractivity contribution in [3.63, 3.8) is 0 Å². The number of benzene rings is 2. The van der Waals surface area contributed by atoms with Crippen molar-refractivity contribution >= 4 is 34.2 Å². The first-order valence-corrected chi connectivity index (χ1v) is 10.1. The molecule has 1 aliphatic heterocycles. The van der Waals surface area contributed by atoms with Gasteiger partial charge in [0.25, 0.3) is 0 Å². The Labute approximate surface area is 164 Å². The van der Waals surface area contributed by atoms with Gasteiger partial charge in [0.05, 0.1) is 18.1 Å². The Kier molecular flexibility index (Phi) is 6.12. The van der Waals surface area contributed by atoms with E-state index in [1.165, 1.54) is 5.56 Å². The molecule has 0 radical (unpaired) electrons. The Morgan fingerprint density at radius 1 is 1.23 bits per heavy atom. The highest BCUT2D eigenvalue weighted by Crippen LogP contribution is 2.31. The third-order valence-electron chi connectivity index (χ3n) is 4.79. The summed E-state index contributed by atoms with van der Waals surface area (Å²) in [7, 11) is 0. The lowest BCUT2D eigenvalue weighted by Gasteiger charge is -2.28. The maximum absolute atomic E-state index is 13.1. The van der Waals surface area contributed by atoms with Crippen LogP contribution in [0.25, 0.3) is 0 Å². The zero-order valence-electron chi connectivity index (χ0n) is 15.0. The lowest BCUT2D eigenvalue weighted by atomic mass is 9.94. The summed E-state index contributed by atoms with van der Waals surface area (Å²) in [5, 5.41) is 10.7. The molecular weight excluding hydrogens is 362 g/mol. The van der Waals surface area contributed by atoms with Crippen LogP contribution in [0, 0.1) is 12.8 Å². The quantitative estimate of drug-likeness (QED) is 0.786. The summed E-state index contributed by atoms with van der Waals surface area (Å²) in [4.78, 5) is 14.8. The van der Waals surface area contributed by atoms with Crippen LogP contribution in [-0.2, 0) is 11.2 Å². The zero-order chi connectivity index (χ0) is 18.7. The highest BCUT2D eigenvalue weighted by molar-refractivity contribution is 8.23. The van der Waals surface area contributed by atoms with Crippen molar-refractivity contribution in [3.8, 4) is 0 Å². The van der Waals surface area contributed by atoms with Gasteiger partial charge in [0.2, 0.25) is 5.91 Å². The van der Waals surface area contributed by atoms with Crippen molar-refractivity contribution < 1.29 is 9.90 Å². The molecule has 0 unspecified atom stereocenters. The first-order valence-electron chi connectivity index (χ1n) is 8.75. The maximum atomic E-state index is 13.1. The summed E-state index contributed by atoms with van der Waals surface area (Å²) >= 11 is 6.98. The number of rotatable bonds is 5. The Morgan fingerprint density at radius 3 is 2.54 bits per heavy atom. The molecule has 3 nitrogen and oxygen atoms in total. The number of thiocarbonyl (C=S) groups is 1. The standard InChI is InChI=1S/C21H23NO2S2/c1-14-8-10-17(11-9-14)19(23)15(2)20(24)22-18(13-26-21(22)25)12-16-6-4-3-5-7-16/h3-11,15,18-19,23H,12-13H2,1-2H3/t15-,18+,19+/m1/s1. The molecule has 1 amide bonds. The summed E-state index contributed by atoms with van der Waals surface area (Å²) in [6, 6.07) is 17.8. The van der Waals surface area contributed by atoms with E-state index in [9.17, 15) is 9.90 Å². The number of aryl methyl sites for hydroxylation is 1. The molecule has 0 spiro atoms. The molecule has 1 heterocycles. The van der Waals surface area contributed by atoms with Crippen LogP contribution in [0.15, 0.2) is 54.6 Å². The fraction of sp³-hybridized carbons (Fsp3) is 0.333. The number of amides is 1. The van der Waals surface area contributed by atoms with E-state index < -0.39 is 12.0 Å². The molecule has 1 saturated heterocycles. The van der Waals surface area contributed by atoms with Gasteiger partial charge in [0, 0.05) is 5.75 Å². The number of carbonyl (C=O) groups excluding carboxylic acids is 1. The van der Waals surface area contributed by atoms with Crippen LogP contribution < -0.4 is 0 Å². The van der Waals surface area contributed by atoms with Gasteiger partial charge in [-0.05, 0) is 24.5 Å². The molecule has 1 aliphatic rings. The molecule has 1 fully saturated rings. The third kappa shape index (κ3) is 4.17. The van der Waals surface area contributed by atoms with Gasteiger partial charge in [-0.1, -0.05) is 91.1 Å². The van der Waals surface area contributed by atoms with Gasteiger partial charge in [-0.25, -0.2) is 0 Å². The maximum Gasteiger partial charge on any atom is 0.234 e. The van der Waals surface area contributed by atoms with Crippen molar-refractivity contribution in [1.82, 2.24) is 4.90 Å². The number of carbonyl (C=O) groups is 1. The van der Waals surface area contributed by atoms with Gasteiger partial charge < -0.3 is 5.11 Å². The number of nitrogens with zero attached hydrogens (tertiary/aromatic N) is 1. The number of aliphatic hydroxyl groups is 1. The molecule has 2 aromatic rings. The molecule has 0 bridgehead atoms. The molecule has 3 rings (SSSR count). The van der Waals surface area contributed by atoms with Crippen LogP contribution in [-0.4, -0.2) is 32.0 Å². The average molecular weight is 386 g/mol. The van der Waals surface area contributed by atoms with E-state index in [-0.39, 0.29) is 11.9 Å². The van der Waals surface area contributed by atoms with Crippen LogP contribution >= 0.6 is 24.0 Å². The first kappa shape index (κ1) is 19.1. The summed E-state index contributed by atoms with van der Waals surface area (Å²) in [6.45, 7) is 3.77. The van der Waals surface area contributed by atoms with E-state index in [0.29, 0.717) is 4.32 Å². The predicted molar refractivity (Wildman–Crippen MR) is 111 cm³/mol. The first-order chi connectivity index (χ1) is 12.5. The second-order valence-electron chi connectivity index (χ2n) is 6.77. The number of aliphatic hydroxyl groups excluding tert-OH is 1. The van der Waals surface area contributed by atoms with Gasteiger partial charge in [-0.3, -0.25) is 9.69 Å². The summed E-state index contributed by atoms with van der Waals surface area (Å²) in [5.74, 6) is 0.147. The van der Waals surface area contributed by atoms with Crippen molar-refractivity contribution in [2.45, 2.75) is 32.4 Å². The van der Waals surface area contributed by atoms with E-state index in [0.717, 1.165) is 23.3 Å². The Hall–Kier alpha value is -1.69. The normalized spacial score (nSPS) is 19.4. The Balaban J connectivity index is 1.75. The fourth-order valence-electron chi connectivity index (χ4n) is 3.17. The minimum atomic E-state index is -0.839. The second-order valence-corrected chi connectivity index (χ2v) is 8.43. The van der Waals surface area contributed by atoms with E-state index in [2.05, 4.69) is 12.1 Å². The van der Waals surface area contributed by atoms with Crippen LogP contribution in [0.5, 0.6) is 0 Å². The molecule has 26 heavy (non-hydrogen) atoms. The van der Waals surface area contributed by atoms with Crippen molar-refractivity contribution in [3.05, 3.63) is 71.3 Å². The summed E-state index contributed by atoms with van der Waals surface area (Å²) < 4.78 is 0.610. The van der Waals surface area contributed by atoms with Gasteiger partial charge in [-0.2, -0.15) is 0 Å². The zero-order valence-corrected chi connectivity index (χ0v) is 16.6. The van der Waals surface area contributed by atoms with Crippen LogP contribution in [0.3, 0.4) is 0 Å². The predicted octanol–water partition coefficient (Wildman–Crippen LogP) is 4.14. The van der Waals surface area contributed by atoms with Gasteiger partial charge in [-0.15, -0.1) is 0 Å². The number of hydrogen-bond acceptors (Lipinski definition) is 4. The molecule has 0 aliphatic carbocycles. The molecule has 136 valence electrons.